The topological polar surface area (TPSA) is 159 Å². The largest absolute Gasteiger partial charge is 0.519 e. The molecule has 0 radical (unpaired) electrons. The lowest BCUT2D eigenvalue weighted by molar-refractivity contribution is 0.0433. The molecule has 40 heavy (non-hydrogen) atoms. The van der Waals surface area contributed by atoms with E-state index in [2.05, 4.69) is 25.6 Å². The van der Waals surface area contributed by atoms with Crippen LogP contribution in [-0.2, 0) is 24.3 Å². The molecule has 0 atom stereocenters. The third kappa shape index (κ3) is 5.37. The van der Waals surface area contributed by atoms with Crippen molar-refractivity contribution >= 4 is 11.8 Å². The SMILES string of the molecule is CCCc1nc(C(=O)OCc2oc(=O)oc2C)c(C(C)=O)n1Cc1ccc(-c2ccccc2-c2nn[nH]n2)cc1. The summed E-state index contributed by atoms with van der Waals surface area (Å²) in [4.78, 5) is 41.5. The van der Waals surface area contributed by atoms with Gasteiger partial charge in [0.05, 0.1) is 0 Å². The molecular formula is C28H26N6O6. The molecule has 0 saturated heterocycles. The smallest absolute Gasteiger partial charge is 0.453 e. The van der Waals surface area contributed by atoms with Crippen molar-refractivity contribution in [2.75, 3.05) is 0 Å². The highest BCUT2D eigenvalue weighted by molar-refractivity contribution is 6.03. The minimum atomic E-state index is -0.883. The van der Waals surface area contributed by atoms with Crippen LogP contribution in [0.3, 0.4) is 0 Å². The molecule has 5 aromatic rings. The van der Waals surface area contributed by atoms with Gasteiger partial charge in [-0.3, -0.25) is 4.79 Å². The van der Waals surface area contributed by atoms with Gasteiger partial charge in [-0.05, 0) is 35.2 Å². The predicted octanol–water partition coefficient (Wildman–Crippen LogP) is 4.15. The number of aromatic nitrogens is 6. The molecule has 0 fully saturated rings. The third-order valence-electron chi connectivity index (χ3n) is 6.34. The Kier molecular flexibility index (Phi) is 7.49. The molecule has 5 rings (SSSR count). The van der Waals surface area contributed by atoms with E-state index in [9.17, 15) is 14.4 Å². The molecule has 0 amide bonds. The Morgan fingerprint density at radius 3 is 2.42 bits per heavy atom. The molecule has 0 spiro atoms. The van der Waals surface area contributed by atoms with Gasteiger partial charge in [0.15, 0.2) is 29.6 Å². The monoisotopic (exact) mass is 542 g/mol. The Balaban J connectivity index is 1.43. The van der Waals surface area contributed by atoms with E-state index in [0.29, 0.717) is 24.6 Å². The van der Waals surface area contributed by atoms with Crippen LogP contribution in [0.15, 0.2) is 62.2 Å². The van der Waals surface area contributed by atoms with Crippen molar-refractivity contribution in [2.24, 2.45) is 0 Å². The number of ketones is 1. The summed E-state index contributed by atoms with van der Waals surface area (Å²) in [5, 5.41) is 14.3. The number of nitrogens with one attached hydrogen (secondary N) is 1. The molecule has 0 unspecified atom stereocenters. The number of imidazole rings is 1. The molecule has 0 aliphatic carbocycles. The van der Waals surface area contributed by atoms with E-state index >= 15 is 0 Å². The first-order chi connectivity index (χ1) is 19.4. The van der Waals surface area contributed by atoms with Crippen LogP contribution >= 0.6 is 0 Å². The summed E-state index contributed by atoms with van der Waals surface area (Å²) < 4.78 is 16.8. The van der Waals surface area contributed by atoms with E-state index in [0.717, 1.165) is 28.7 Å². The molecular weight excluding hydrogens is 516 g/mol. The van der Waals surface area contributed by atoms with Gasteiger partial charge in [0, 0.05) is 25.5 Å². The van der Waals surface area contributed by atoms with Crippen molar-refractivity contribution in [3.63, 3.8) is 0 Å². The molecule has 12 nitrogen and oxygen atoms in total. The second kappa shape index (κ2) is 11.3. The number of aryl methyl sites for hydroxylation is 2. The Labute approximate surface area is 228 Å². The van der Waals surface area contributed by atoms with Gasteiger partial charge in [-0.25, -0.2) is 14.6 Å². The first-order valence-electron chi connectivity index (χ1n) is 12.6. The van der Waals surface area contributed by atoms with Crippen LogP contribution in [0.1, 0.15) is 64.2 Å². The summed E-state index contributed by atoms with van der Waals surface area (Å²) in [6, 6.07) is 15.7. The number of tetrazole rings is 1. The van der Waals surface area contributed by atoms with E-state index in [1.165, 1.54) is 13.8 Å². The highest BCUT2D eigenvalue weighted by Gasteiger charge is 2.27. The number of rotatable bonds is 10. The predicted molar refractivity (Wildman–Crippen MR) is 141 cm³/mol. The number of esters is 1. The van der Waals surface area contributed by atoms with Gasteiger partial charge in [-0.2, -0.15) is 5.21 Å². The van der Waals surface area contributed by atoms with Crippen LogP contribution in [0.25, 0.3) is 22.5 Å². The average Bonchev–Trinajstić information content (AvgIpc) is 3.68. The van der Waals surface area contributed by atoms with Crippen LogP contribution in [0.4, 0.5) is 0 Å². The molecule has 0 saturated carbocycles. The van der Waals surface area contributed by atoms with Crippen molar-refractivity contribution < 1.29 is 23.2 Å². The Bertz CT molecular complexity index is 1710. The molecule has 2 aromatic carbocycles. The third-order valence-corrected chi connectivity index (χ3v) is 6.34. The summed E-state index contributed by atoms with van der Waals surface area (Å²) in [5.41, 5.74) is 3.74. The zero-order valence-corrected chi connectivity index (χ0v) is 22.1. The van der Waals surface area contributed by atoms with Crippen molar-refractivity contribution in [2.45, 2.75) is 46.8 Å². The minimum Gasteiger partial charge on any atom is -0.453 e. The zero-order chi connectivity index (χ0) is 28.2. The fourth-order valence-electron chi connectivity index (χ4n) is 4.47. The van der Waals surface area contributed by atoms with E-state index < -0.39 is 11.8 Å². The normalized spacial score (nSPS) is 11.1. The van der Waals surface area contributed by atoms with Crippen molar-refractivity contribution in [1.82, 2.24) is 30.2 Å². The fourth-order valence-corrected chi connectivity index (χ4v) is 4.47. The van der Waals surface area contributed by atoms with Crippen LogP contribution < -0.4 is 5.82 Å². The van der Waals surface area contributed by atoms with Gasteiger partial charge in [0.2, 0.25) is 5.82 Å². The van der Waals surface area contributed by atoms with Gasteiger partial charge in [-0.1, -0.05) is 55.5 Å². The number of ether oxygens (including phenoxy) is 1. The molecule has 12 heteroatoms. The first kappa shape index (κ1) is 26.5. The lowest BCUT2D eigenvalue weighted by atomic mass is 9.98. The van der Waals surface area contributed by atoms with E-state index in [-0.39, 0.29) is 35.3 Å². The summed E-state index contributed by atoms with van der Waals surface area (Å²) in [6.07, 6.45) is 1.31. The van der Waals surface area contributed by atoms with Crippen LogP contribution in [0.2, 0.25) is 0 Å². The van der Waals surface area contributed by atoms with Crippen molar-refractivity contribution in [3.05, 3.63) is 93.4 Å². The highest BCUT2D eigenvalue weighted by atomic mass is 16.6. The number of hydrogen-bond acceptors (Lipinski definition) is 10. The van der Waals surface area contributed by atoms with Crippen molar-refractivity contribution in [1.29, 1.82) is 0 Å². The lowest BCUT2D eigenvalue weighted by Gasteiger charge is -2.12. The van der Waals surface area contributed by atoms with Gasteiger partial charge >= 0.3 is 11.8 Å². The molecule has 3 heterocycles. The van der Waals surface area contributed by atoms with E-state index in [1.54, 1.807) is 4.57 Å². The number of carbonyl (C=O) groups excluding carboxylic acids is 2. The molecule has 0 aliphatic heterocycles. The van der Waals surface area contributed by atoms with Crippen LogP contribution in [-0.4, -0.2) is 41.9 Å². The van der Waals surface area contributed by atoms with Crippen LogP contribution in [0.5, 0.6) is 0 Å². The minimum absolute atomic E-state index is 0.0786. The van der Waals surface area contributed by atoms with Gasteiger partial charge in [-0.15, -0.1) is 10.2 Å². The molecule has 1 N–H and O–H groups in total. The molecule has 0 bridgehead atoms. The number of H-pyrrole nitrogens is 1. The van der Waals surface area contributed by atoms with Gasteiger partial charge in [0.25, 0.3) is 0 Å². The Morgan fingerprint density at radius 1 is 1.05 bits per heavy atom. The standard InChI is InChI=1S/C28H26N6O6/c1-4-7-23-29-24(27(36)38-15-22-17(3)39-28(37)40-22)25(16(2)35)34(23)14-18-10-12-19(13-11-18)20-8-5-6-9-21(20)26-30-32-33-31-26/h5-6,8-13H,4,7,14-15H2,1-3H3,(H,30,31,32,33). The number of nitrogens with zero attached hydrogens (tertiary/aromatic N) is 5. The second-order valence-electron chi connectivity index (χ2n) is 9.11. The average molecular weight is 543 g/mol. The first-order valence-corrected chi connectivity index (χ1v) is 12.6. The molecule has 3 aromatic heterocycles. The zero-order valence-electron chi connectivity index (χ0n) is 22.1. The van der Waals surface area contributed by atoms with Crippen molar-refractivity contribution in [3.8, 4) is 22.5 Å². The summed E-state index contributed by atoms with van der Waals surface area (Å²) >= 11 is 0. The van der Waals surface area contributed by atoms with Gasteiger partial charge < -0.3 is 18.1 Å². The number of hydrogen-bond donors (Lipinski definition) is 1. The molecule has 204 valence electrons. The van der Waals surface area contributed by atoms with Crippen LogP contribution in [0, 0.1) is 6.92 Å². The number of aromatic amines is 1. The maximum absolute atomic E-state index is 13.0. The quantitative estimate of drug-likeness (QED) is 0.201. The van der Waals surface area contributed by atoms with E-state index in [1.807, 2.05) is 55.5 Å². The lowest BCUT2D eigenvalue weighted by Crippen LogP contribution is -2.15. The summed E-state index contributed by atoms with van der Waals surface area (Å²) in [5.74, 6) is -0.597. The summed E-state index contributed by atoms with van der Waals surface area (Å²) in [6.45, 7) is 4.91. The maximum atomic E-state index is 13.0. The molecule has 0 aliphatic rings. The highest BCUT2D eigenvalue weighted by Crippen LogP contribution is 2.30. The number of benzene rings is 2. The fraction of sp³-hybridized carbons (Fsp3) is 0.250. The Hall–Kier alpha value is -5.13. The number of carbonyl (C=O) groups is 2. The Morgan fingerprint density at radius 2 is 1.80 bits per heavy atom. The maximum Gasteiger partial charge on any atom is 0.519 e. The van der Waals surface area contributed by atoms with Gasteiger partial charge in [0.1, 0.15) is 11.5 Å². The summed E-state index contributed by atoms with van der Waals surface area (Å²) in [7, 11) is 0. The number of Topliss-reactive ketones (excluding diaryl/α,β-unsaturated/α-hetero) is 1. The van der Waals surface area contributed by atoms with E-state index in [4.69, 9.17) is 13.6 Å². The second-order valence-corrected chi connectivity index (χ2v) is 9.11.